The summed E-state index contributed by atoms with van der Waals surface area (Å²) in [6.45, 7) is 2.64. The van der Waals surface area contributed by atoms with Gasteiger partial charge in [-0.05, 0) is 30.9 Å². The lowest BCUT2D eigenvalue weighted by Gasteiger charge is -2.31. The molecule has 1 aliphatic heterocycles. The number of piperidine rings is 1. The second-order valence-corrected chi connectivity index (χ2v) is 4.66. The minimum Gasteiger partial charge on any atom is -0.455 e. The van der Waals surface area contributed by atoms with Crippen LogP contribution in [-0.2, 0) is 11.3 Å². The first-order chi connectivity index (χ1) is 8.74. The quantitative estimate of drug-likeness (QED) is 0.875. The van der Waals surface area contributed by atoms with Gasteiger partial charge in [-0.15, -0.1) is 0 Å². The van der Waals surface area contributed by atoms with Gasteiger partial charge in [0.15, 0.2) is 5.76 Å². The third-order valence-corrected chi connectivity index (χ3v) is 3.38. The Bertz CT molecular complexity index is 395. The summed E-state index contributed by atoms with van der Waals surface area (Å²) < 4.78 is 10.5. The minimum absolute atomic E-state index is 0.0365. The van der Waals surface area contributed by atoms with Crippen molar-refractivity contribution in [1.29, 1.82) is 0 Å². The highest BCUT2D eigenvalue weighted by atomic mass is 16.5. The molecular formula is C13H20N2O3. The molecule has 0 aliphatic carbocycles. The summed E-state index contributed by atoms with van der Waals surface area (Å²) in [6, 6.07) is 3.46. The number of hydrogen-bond acceptors (Lipinski definition) is 4. The molecule has 1 amide bonds. The Morgan fingerprint density at radius 1 is 1.50 bits per heavy atom. The highest BCUT2D eigenvalue weighted by Gasteiger charge is 2.25. The van der Waals surface area contributed by atoms with E-state index >= 15 is 0 Å². The van der Waals surface area contributed by atoms with Crippen LogP contribution in [-0.4, -0.2) is 37.6 Å². The average Bonchev–Trinajstić information content (AvgIpc) is 2.88. The lowest BCUT2D eigenvalue weighted by Crippen LogP contribution is -2.39. The number of ether oxygens (including phenoxy) is 1. The van der Waals surface area contributed by atoms with Gasteiger partial charge in [-0.2, -0.15) is 0 Å². The molecule has 1 aromatic rings. The number of likely N-dealkylation sites (tertiary alicyclic amines) is 1. The first kappa shape index (κ1) is 13.1. The molecular weight excluding hydrogens is 232 g/mol. The van der Waals surface area contributed by atoms with Crippen LogP contribution in [0.15, 0.2) is 16.5 Å². The van der Waals surface area contributed by atoms with Crippen LogP contribution in [0.1, 0.15) is 29.2 Å². The van der Waals surface area contributed by atoms with Crippen molar-refractivity contribution >= 4 is 5.91 Å². The van der Waals surface area contributed by atoms with Gasteiger partial charge in [0, 0.05) is 26.8 Å². The van der Waals surface area contributed by atoms with E-state index in [1.165, 1.54) is 0 Å². The standard InChI is InChI=1S/C13H20N2O3/c1-17-9-10-4-6-15(7-5-10)13(16)12-3-2-11(8-14)18-12/h2-3,10H,4-9,14H2,1H3. The summed E-state index contributed by atoms with van der Waals surface area (Å²) in [5.74, 6) is 1.56. The number of nitrogens with zero attached hydrogens (tertiary/aromatic N) is 1. The lowest BCUT2D eigenvalue weighted by atomic mass is 9.98. The third kappa shape index (κ3) is 2.91. The molecule has 5 heteroatoms. The zero-order valence-electron chi connectivity index (χ0n) is 10.7. The largest absolute Gasteiger partial charge is 0.455 e. The van der Waals surface area contributed by atoms with Crippen LogP contribution in [0.25, 0.3) is 0 Å². The Kier molecular flexibility index (Phi) is 4.38. The van der Waals surface area contributed by atoms with E-state index in [1.807, 2.05) is 4.90 Å². The van der Waals surface area contributed by atoms with Crippen LogP contribution in [0.5, 0.6) is 0 Å². The van der Waals surface area contributed by atoms with Crippen LogP contribution >= 0.6 is 0 Å². The lowest BCUT2D eigenvalue weighted by molar-refractivity contribution is 0.0583. The van der Waals surface area contributed by atoms with Crippen molar-refractivity contribution in [3.05, 3.63) is 23.7 Å². The highest BCUT2D eigenvalue weighted by Crippen LogP contribution is 2.20. The first-order valence-corrected chi connectivity index (χ1v) is 6.31. The maximum Gasteiger partial charge on any atom is 0.289 e. The Labute approximate surface area is 107 Å². The number of carbonyl (C=O) groups excluding carboxylic acids is 1. The molecule has 0 atom stereocenters. The summed E-state index contributed by atoms with van der Waals surface area (Å²) in [5.41, 5.74) is 5.46. The molecule has 0 aromatic carbocycles. The molecule has 1 fully saturated rings. The Balaban J connectivity index is 1.91. The van der Waals surface area contributed by atoms with Crippen LogP contribution in [0.2, 0.25) is 0 Å². The van der Waals surface area contributed by atoms with E-state index < -0.39 is 0 Å². The van der Waals surface area contributed by atoms with Crippen LogP contribution in [0.4, 0.5) is 0 Å². The SMILES string of the molecule is COCC1CCN(C(=O)c2ccc(CN)o2)CC1. The van der Waals surface area contributed by atoms with Gasteiger partial charge in [-0.1, -0.05) is 0 Å². The summed E-state index contributed by atoms with van der Waals surface area (Å²) in [7, 11) is 1.72. The number of nitrogens with two attached hydrogens (primary N) is 1. The summed E-state index contributed by atoms with van der Waals surface area (Å²) in [6.07, 6.45) is 1.98. The van der Waals surface area contributed by atoms with Crippen molar-refractivity contribution in [3.63, 3.8) is 0 Å². The maximum absolute atomic E-state index is 12.2. The van der Waals surface area contributed by atoms with Crippen molar-refractivity contribution < 1.29 is 13.9 Å². The van der Waals surface area contributed by atoms with Gasteiger partial charge in [0.25, 0.3) is 5.91 Å². The van der Waals surface area contributed by atoms with Gasteiger partial charge in [-0.25, -0.2) is 0 Å². The van der Waals surface area contributed by atoms with E-state index in [4.69, 9.17) is 14.9 Å². The molecule has 5 nitrogen and oxygen atoms in total. The number of rotatable bonds is 4. The summed E-state index contributed by atoms with van der Waals surface area (Å²) in [4.78, 5) is 14.0. The maximum atomic E-state index is 12.2. The van der Waals surface area contributed by atoms with Crippen molar-refractivity contribution in [2.45, 2.75) is 19.4 Å². The third-order valence-electron chi connectivity index (χ3n) is 3.38. The van der Waals surface area contributed by atoms with Crippen molar-refractivity contribution in [2.24, 2.45) is 11.7 Å². The van der Waals surface area contributed by atoms with E-state index in [1.54, 1.807) is 19.2 Å². The van der Waals surface area contributed by atoms with E-state index in [9.17, 15) is 4.79 Å². The van der Waals surface area contributed by atoms with Gasteiger partial charge >= 0.3 is 0 Å². The van der Waals surface area contributed by atoms with E-state index in [0.29, 0.717) is 24.0 Å². The minimum atomic E-state index is -0.0365. The van der Waals surface area contributed by atoms with Crippen molar-refractivity contribution in [1.82, 2.24) is 4.90 Å². The Morgan fingerprint density at radius 3 is 2.78 bits per heavy atom. The van der Waals surface area contributed by atoms with Gasteiger partial charge < -0.3 is 19.8 Å². The molecule has 2 heterocycles. The fourth-order valence-electron chi connectivity index (χ4n) is 2.30. The topological polar surface area (TPSA) is 68.7 Å². The van der Waals surface area contributed by atoms with Gasteiger partial charge in [-0.3, -0.25) is 4.79 Å². The number of hydrogen-bond donors (Lipinski definition) is 1. The smallest absolute Gasteiger partial charge is 0.289 e. The fraction of sp³-hybridized carbons (Fsp3) is 0.615. The number of methoxy groups -OCH3 is 1. The molecule has 2 N–H and O–H groups in total. The van der Waals surface area contributed by atoms with Gasteiger partial charge in [0.05, 0.1) is 6.54 Å². The molecule has 0 saturated carbocycles. The van der Waals surface area contributed by atoms with E-state index in [-0.39, 0.29) is 5.91 Å². The van der Waals surface area contributed by atoms with E-state index in [0.717, 1.165) is 32.5 Å². The predicted molar refractivity (Wildman–Crippen MR) is 67.1 cm³/mol. The second kappa shape index (κ2) is 6.02. The fourth-order valence-corrected chi connectivity index (χ4v) is 2.30. The average molecular weight is 252 g/mol. The van der Waals surface area contributed by atoms with Crippen molar-refractivity contribution in [2.75, 3.05) is 26.8 Å². The number of carbonyl (C=O) groups is 1. The Morgan fingerprint density at radius 2 is 2.22 bits per heavy atom. The van der Waals surface area contributed by atoms with Gasteiger partial charge in [0.2, 0.25) is 0 Å². The first-order valence-electron chi connectivity index (χ1n) is 6.31. The summed E-state index contributed by atoms with van der Waals surface area (Å²) >= 11 is 0. The molecule has 0 radical (unpaired) electrons. The predicted octanol–water partition coefficient (Wildman–Crippen LogP) is 1.24. The molecule has 1 saturated heterocycles. The van der Waals surface area contributed by atoms with Crippen LogP contribution in [0.3, 0.4) is 0 Å². The van der Waals surface area contributed by atoms with E-state index in [2.05, 4.69) is 0 Å². The molecule has 2 rings (SSSR count). The molecule has 18 heavy (non-hydrogen) atoms. The molecule has 1 aromatic heterocycles. The molecule has 0 spiro atoms. The molecule has 0 unspecified atom stereocenters. The normalized spacial score (nSPS) is 17.1. The molecule has 100 valence electrons. The monoisotopic (exact) mass is 252 g/mol. The van der Waals surface area contributed by atoms with Crippen LogP contribution in [0, 0.1) is 5.92 Å². The molecule has 1 aliphatic rings. The molecule has 0 bridgehead atoms. The highest BCUT2D eigenvalue weighted by molar-refractivity contribution is 5.91. The van der Waals surface area contributed by atoms with Gasteiger partial charge in [0.1, 0.15) is 5.76 Å². The van der Waals surface area contributed by atoms with Crippen LogP contribution < -0.4 is 5.73 Å². The second-order valence-electron chi connectivity index (χ2n) is 4.66. The number of amides is 1. The van der Waals surface area contributed by atoms with Crippen molar-refractivity contribution in [3.8, 4) is 0 Å². The number of furan rings is 1. The zero-order chi connectivity index (χ0) is 13.0. The Hall–Kier alpha value is -1.33. The zero-order valence-corrected chi connectivity index (χ0v) is 10.7. The summed E-state index contributed by atoms with van der Waals surface area (Å²) in [5, 5.41) is 0.